The van der Waals surface area contributed by atoms with Crippen LogP contribution in [0, 0.1) is 0 Å². The minimum absolute atomic E-state index is 0.0942. The number of hydrogen-bond acceptors (Lipinski definition) is 9. The molecule has 33 heavy (non-hydrogen) atoms. The topological polar surface area (TPSA) is 131 Å². The highest BCUT2D eigenvalue weighted by Gasteiger charge is 2.27. The fourth-order valence-corrected chi connectivity index (χ4v) is 6.65. The van der Waals surface area contributed by atoms with Gasteiger partial charge < -0.3 is 10.1 Å². The maximum absolute atomic E-state index is 12.6. The molecule has 1 aromatic carbocycles. The van der Waals surface area contributed by atoms with Gasteiger partial charge in [0.15, 0.2) is 4.34 Å². The first-order chi connectivity index (χ1) is 15.9. The number of amides is 2. The maximum atomic E-state index is 12.6. The van der Waals surface area contributed by atoms with E-state index in [-0.39, 0.29) is 22.7 Å². The van der Waals surface area contributed by atoms with Crippen LogP contribution < -0.4 is 10.6 Å². The number of aromatic nitrogens is 2. The largest absolute Gasteiger partial charge is 0.376 e. The number of benzene rings is 1. The predicted molar refractivity (Wildman–Crippen MR) is 125 cm³/mol. The van der Waals surface area contributed by atoms with Gasteiger partial charge >= 0.3 is 0 Å². The molecule has 3 heterocycles. The molecule has 0 radical (unpaired) electrons. The molecule has 2 fully saturated rings. The third-order valence-electron chi connectivity index (χ3n) is 5.32. The third-order valence-corrected chi connectivity index (χ3v) is 9.21. The van der Waals surface area contributed by atoms with Crippen LogP contribution >= 0.6 is 23.1 Å². The van der Waals surface area contributed by atoms with Crippen molar-refractivity contribution in [1.29, 1.82) is 0 Å². The summed E-state index contributed by atoms with van der Waals surface area (Å²) in [4.78, 5) is 24.7. The number of anilines is 1. The summed E-state index contributed by atoms with van der Waals surface area (Å²) in [6.07, 6.45) is 3.81. The lowest BCUT2D eigenvalue weighted by molar-refractivity contribution is -0.119. The summed E-state index contributed by atoms with van der Waals surface area (Å²) in [6.45, 7) is 2.31. The molecule has 1 unspecified atom stereocenters. The number of rotatable bonds is 9. The summed E-state index contributed by atoms with van der Waals surface area (Å²) in [7, 11) is -3.52. The molecule has 0 saturated carbocycles. The van der Waals surface area contributed by atoms with Crippen LogP contribution in [0.1, 0.15) is 36.0 Å². The van der Waals surface area contributed by atoms with Crippen LogP contribution in [0.5, 0.6) is 0 Å². The standard InChI is InChI=1S/C20H25N5O5S3/c26-17(21-12-15-4-3-11-30-15)13-31-20-24-23-19(32-20)22-18(27)14-5-7-16(8-6-14)33(28,29)25-9-1-2-10-25/h5-8,15H,1-4,9-13H2,(H,21,26)(H,22,23,27). The maximum Gasteiger partial charge on any atom is 0.257 e. The SMILES string of the molecule is O=C(CSc1nnc(NC(=O)c2ccc(S(=O)(=O)N3CCCC3)cc2)s1)NCC1CCCO1. The van der Waals surface area contributed by atoms with E-state index >= 15 is 0 Å². The number of thioether (sulfide) groups is 1. The van der Waals surface area contributed by atoms with E-state index in [9.17, 15) is 18.0 Å². The third kappa shape index (κ3) is 6.29. The Morgan fingerprint density at radius 2 is 1.91 bits per heavy atom. The van der Waals surface area contributed by atoms with Gasteiger partial charge in [0.05, 0.1) is 16.8 Å². The van der Waals surface area contributed by atoms with Crippen LogP contribution in [0.15, 0.2) is 33.5 Å². The van der Waals surface area contributed by atoms with Crippen molar-refractivity contribution < 1.29 is 22.7 Å². The molecule has 178 valence electrons. The Balaban J connectivity index is 1.26. The smallest absolute Gasteiger partial charge is 0.257 e. The highest BCUT2D eigenvalue weighted by atomic mass is 32.2. The first-order valence-electron chi connectivity index (χ1n) is 10.7. The Morgan fingerprint density at radius 1 is 1.15 bits per heavy atom. The number of carbonyl (C=O) groups is 2. The average Bonchev–Trinajstić information content (AvgIpc) is 3.59. The van der Waals surface area contributed by atoms with Gasteiger partial charge in [-0.15, -0.1) is 10.2 Å². The van der Waals surface area contributed by atoms with Gasteiger partial charge in [0.2, 0.25) is 21.1 Å². The fourth-order valence-electron chi connectivity index (χ4n) is 3.56. The van der Waals surface area contributed by atoms with Crippen molar-refractivity contribution in [1.82, 2.24) is 19.8 Å². The summed E-state index contributed by atoms with van der Waals surface area (Å²) in [5.41, 5.74) is 0.313. The molecule has 4 rings (SSSR count). The van der Waals surface area contributed by atoms with Crippen molar-refractivity contribution in [2.75, 3.05) is 37.3 Å². The van der Waals surface area contributed by atoms with Crippen LogP contribution in [0.3, 0.4) is 0 Å². The monoisotopic (exact) mass is 511 g/mol. The lowest BCUT2D eigenvalue weighted by Crippen LogP contribution is -2.32. The van der Waals surface area contributed by atoms with Crippen molar-refractivity contribution in [2.24, 2.45) is 0 Å². The molecule has 10 nitrogen and oxygen atoms in total. The normalized spacial score (nSPS) is 19.0. The van der Waals surface area contributed by atoms with E-state index in [0.29, 0.717) is 34.7 Å². The van der Waals surface area contributed by atoms with E-state index in [1.165, 1.54) is 51.7 Å². The zero-order valence-electron chi connectivity index (χ0n) is 17.9. The highest BCUT2D eigenvalue weighted by molar-refractivity contribution is 8.01. The minimum atomic E-state index is -3.52. The number of nitrogens with one attached hydrogen (secondary N) is 2. The summed E-state index contributed by atoms with van der Waals surface area (Å²) in [5, 5.41) is 13.7. The molecule has 2 aliphatic rings. The second kappa shape index (κ2) is 10.9. The molecule has 1 aromatic heterocycles. The molecule has 2 N–H and O–H groups in total. The van der Waals surface area contributed by atoms with E-state index in [0.717, 1.165) is 32.3 Å². The Hall–Kier alpha value is -2.06. The first kappa shape index (κ1) is 24.1. The van der Waals surface area contributed by atoms with Crippen molar-refractivity contribution >= 4 is 50.1 Å². The number of carbonyl (C=O) groups excluding carboxylic acids is 2. The number of nitrogens with zero attached hydrogens (tertiary/aromatic N) is 3. The van der Waals surface area contributed by atoms with Crippen molar-refractivity contribution in [3.63, 3.8) is 0 Å². The molecule has 1 atom stereocenters. The lowest BCUT2D eigenvalue weighted by Gasteiger charge is -2.15. The Morgan fingerprint density at radius 3 is 2.61 bits per heavy atom. The number of hydrogen-bond donors (Lipinski definition) is 2. The number of ether oxygens (including phenoxy) is 1. The molecular formula is C20H25N5O5S3. The van der Waals surface area contributed by atoms with Crippen molar-refractivity contribution in [3.8, 4) is 0 Å². The van der Waals surface area contributed by atoms with Crippen LogP contribution in [0.25, 0.3) is 0 Å². The van der Waals surface area contributed by atoms with E-state index < -0.39 is 15.9 Å². The van der Waals surface area contributed by atoms with Gasteiger partial charge in [-0.3, -0.25) is 14.9 Å². The summed E-state index contributed by atoms with van der Waals surface area (Å²) >= 11 is 2.41. The Kier molecular flexibility index (Phi) is 7.96. The first-order valence-corrected chi connectivity index (χ1v) is 13.9. The van der Waals surface area contributed by atoms with Crippen LogP contribution in [0.2, 0.25) is 0 Å². The molecule has 0 spiro atoms. The molecule has 2 saturated heterocycles. The molecule has 2 amide bonds. The van der Waals surface area contributed by atoms with Crippen LogP contribution in [0.4, 0.5) is 5.13 Å². The molecule has 2 aromatic rings. The van der Waals surface area contributed by atoms with Gasteiger partial charge in [-0.2, -0.15) is 4.31 Å². The van der Waals surface area contributed by atoms with Crippen LogP contribution in [-0.2, 0) is 19.6 Å². The van der Waals surface area contributed by atoms with Gasteiger partial charge in [0.25, 0.3) is 5.91 Å². The lowest BCUT2D eigenvalue weighted by atomic mass is 10.2. The fraction of sp³-hybridized carbons (Fsp3) is 0.500. The van der Waals surface area contributed by atoms with E-state index in [4.69, 9.17) is 4.74 Å². The molecular weight excluding hydrogens is 486 g/mol. The van der Waals surface area contributed by atoms with Gasteiger partial charge in [0, 0.05) is 31.8 Å². The van der Waals surface area contributed by atoms with Gasteiger partial charge in [-0.25, -0.2) is 8.42 Å². The second-order valence-corrected chi connectivity index (χ2v) is 11.8. The van der Waals surface area contributed by atoms with Gasteiger partial charge in [-0.05, 0) is 49.9 Å². The van der Waals surface area contributed by atoms with Gasteiger partial charge in [0.1, 0.15) is 0 Å². The number of sulfonamides is 1. The van der Waals surface area contributed by atoms with Crippen LogP contribution in [-0.4, -0.2) is 72.8 Å². The highest BCUT2D eigenvalue weighted by Crippen LogP contribution is 2.26. The van der Waals surface area contributed by atoms with Crippen molar-refractivity contribution in [2.45, 2.75) is 41.0 Å². The zero-order valence-corrected chi connectivity index (χ0v) is 20.3. The van der Waals surface area contributed by atoms with E-state index in [2.05, 4.69) is 20.8 Å². The molecule has 2 aliphatic heterocycles. The summed E-state index contributed by atoms with van der Waals surface area (Å²) in [5.74, 6) is -0.329. The van der Waals surface area contributed by atoms with E-state index in [1.807, 2.05) is 0 Å². The Bertz CT molecular complexity index is 1080. The quantitative estimate of drug-likeness (QED) is 0.386. The average molecular weight is 512 g/mol. The zero-order chi connectivity index (χ0) is 23.3. The molecule has 0 aliphatic carbocycles. The molecule has 0 bridgehead atoms. The Labute approximate surface area is 200 Å². The minimum Gasteiger partial charge on any atom is -0.376 e. The van der Waals surface area contributed by atoms with Crippen molar-refractivity contribution in [3.05, 3.63) is 29.8 Å². The predicted octanol–water partition coefficient (Wildman–Crippen LogP) is 1.96. The summed E-state index contributed by atoms with van der Waals surface area (Å²) < 4.78 is 32.7. The second-order valence-electron chi connectivity index (χ2n) is 7.69. The van der Waals surface area contributed by atoms with Gasteiger partial charge in [-0.1, -0.05) is 23.1 Å². The van der Waals surface area contributed by atoms with E-state index in [1.54, 1.807) is 0 Å². The summed E-state index contributed by atoms with van der Waals surface area (Å²) in [6, 6.07) is 5.85. The molecule has 13 heteroatoms.